The van der Waals surface area contributed by atoms with Gasteiger partial charge in [-0.25, -0.2) is 4.79 Å². The molecule has 0 aromatic heterocycles. The normalized spacial score (nSPS) is 11.4. The summed E-state index contributed by atoms with van der Waals surface area (Å²) in [6.07, 6.45) is 1.52. The van der Waals surface area contributed by atoms with E-state index in [2.05, 4.69) is 0 Å². The minimum absolute atomic E-state index is 0.132. The molecule has 0 aliphatic heterocycles. The molecule has 0 unspecified atom stereocenters. The molecule has 0 saturated carbocycles. The van der Waals surface area contributed by atoms with E-state index in [0.717, 1.165) is 0 Å². The Morgan fingerprint density at radius 3 is 2.45 bits per heavy atom. The molecule has 0 radical (unpaired) electrons. The van der Waals surface area contributed by atoms with Gasteiger partial charge in [0, 0.05) is 27.4 Å². The first-order valence-corrected chi connectivity index (χ1v) is 3.17. The summed E-state index contributed by atoms with van der Waals surface area (Å²) >= 11 is 0. The number of hydrogen-bond donors (Lipinski definition) is 1. The number of nitrogens with zero attached hydrogens (tertiary/aromatic N) is 1. The van der Waals surface area contributed by atoms with Crippen molar-refractivity contribution in [3.05, 3.63) is 11.8 Å². The lowest BCUT2D eigenvalue weighted by Crippen LogP contribution is -2.12. The van der Waals surface area contributed by atoms with Crippen LogP contribution in [0.3, 0.4) is 0 Å². The Morgan fingerprint density at radius 2 is 2.18 bits per heavy atom. The molecule has 0 rings (SSSR count). The van der Waals surface area contributed by atoms with Crippen LogP contribution >= 0.6 is 0 Å². The molecule has 0 spiro atoms. The summed E-state index contributed by atoms with van der Waals surface area (Å²) in [6.45, 7) is 0.132. The Kier molecular flexibility index (Phi) is 4.29. The van der Waals surface area contributed by atoms with Crippen molar-refractivity contribution in [2.75, 3.05) is 27.8 Å². The van der Waals surface area contributed by atoms with Crippen molar-refractivity contribution >= 4 is 5.97 Å². The maximum Gasteiger partial charge on any atom is 0.335 e. The van der Waals surface area contributed by atoms with E-state index < -0.39 is 5.97 Å². The molecular formula is C7H13NO3. The third-order valence-electron chi connectivity index (χ3n) is 0.989. The van der Waals surface area contributed by atoms with E-state index in [1.54, 1.807) is 19.0 Å². The predicted octanol–water partition coefficient (Wildman–Crippen LogP) is 0.163. The van der Waals surface area contributed by atoms with Crippen LogP contribution in [0.4, 0.5) is 0 Å². The number of carboxylic acid groups (broad SMARTS) is 1. The molecule has 1 N–H and O–H groups in total. The third kappa shape index (κ3) is 4.38. The Balaban J connectivity index is 4.20. The maximum absolute atomic E-state index is 10.4. The average Bonchev–Trinajstić information content (AvgIpc) is 1.86. The monoisotopic (exact) mass is 159 g/mol. The Bertz CT molecular complexity index is 163. The molecule has 0 heterocycles. The van der Waals surface area contributed by atoms with Gasteiger partial charge in [-0.05, 0) is 0 Å². The zero-order chi connectivity index (χ0) is 8.85. The number of carboxylic acids is 1. The summed E-state index contributed by atoms with van der Waals surface area (Å²) in [6, 6.07) is 0. The lowest BCUT2D eigenvalue weighted by Gasteiger charge is -2.07. The van der Waals surface area contributed by atoms with Crippen LogP contribution in [-0.4, -0.2) is 43.8 Å². The smallest absolute Gasteiger partial charge is 0.335 e. The fourth-order valence-corrected chi connectivity index (χ4v) is 0.621. The highest BCUT2D eigenvalue weighted by Gasteiger charge is 2.05. The highest BCUT2D eigenvalue weighted by Crippen LogP contribution is 1.95. The molecule has 4 heteroatoms. The number of hydrogen-bond acceptors (Lipinski definition) is 3. The molecule has 64 valence electrons. The molecule has 0 aliphatic rings. The van der Waals surface area contributed by atoms with Gasteiger partial charge in [0.2, 0.25) is 0 Å². The van der Waals surface area contributed by atoms with Crippen molar-refractivity contribution in [3.8, 4) is 0 Å². The highest BCUT2D eigenvalue weighted by atomic mass is 16.5. The number of methoxy groups -OCH3 is 1. The Morgan fingerprint density at radius 1 is 1.64 bits per heavy atom. The molecule has 0 fully saturated rings. The molecular weight excluding hydrogens is 146 g/mol. The minimum Gasteiger partial charge on any atom is -0.478 e. The van der Waals surface area contributed by atoms with E-state index in [4.69, 9.17) is 9.84 Å². The van der Waals surface area contributed by atoms with Gasteiger partial charge in [-0.15, -0.1) is 0 Å². The molecule has 11 heavy (non-hydrogen) atoms. The first kappa shape index (κ1) is 9.97. The fraction of sp³-hybridized carbons (Fsp3) is 0.571. The molecule has 0 aromatic rings. The summed E-state index contributed by atoms with van der Waals surface area (Å²) in [4.78, 5) is 12.1. The second-order valence-electron chi connectivity index (χ2n) is 2.36. The van der Waals surface area contributed by atoms with Gasteiger partial charge >= 0.3 is 5.97 Å². The van der Waals surface area contributed by atoms with E-state index in [0.29, 0.717) is 0 Å². The number of carbonyl (C=O) groups is 1. The topological polar surface area (TPSA) is 49.8 Å². The summed E-state index contributed by atoms with van der Waals surface area (Å²) in [5.41, 5.74) is 0.248. The first-order valence-electron chi connectivity index (χ1n) is 3.17. The van der Waals surface area contributed by atoms with Gasteiger partial charge in [-0.1, -0.05) is 0 Å². The standard InChI is InChI=1S/C7H13NO3/c1-8(2)4-6(5-11-3)7(9)10/h4H,5H2,1-3H3,(H,9,10). The van der Waals surface area contributed by atoms with Gasteiger partial charge in [-0.2, -0.15) is 0 Å². The summed E-state index contributed by atoms with van der Waals surface area (Å²) < 4.78 is 4.69. The molecule has 0 aliphatic carbocycles. The van der Waals surface area contributed by atoms with Crippen molar-refractivity contribution in [1.82, 2.24) is 4.90 Å². The summed E-state index contributed by atoms with van der Waals surface area (Å²) in [5, 5.41) is 8.58. The van der Waals surface area contributed by atoms with Crippen LogP contribution in [0.1, 0.15) is 0 Å². The SMILES string of the molecule is COCC(=CN(C)C)C(=O)O. The third-order valence-corrected chi connectivity index (χ3v) is 0.989. The van der Waals surface area contributed by atoms with Crippen molar-refractivity contribution in [2.45, 2.75) is 0 Å². The number of rotatable bonds is 4. The fourth-order valence-electron chi connectivity index (χ4n) is 0.621. The van der Waals surface area contributed by atoms with Gasteiger partial charge in [0.25, 0.3) is 0 Å². The Labute approximate surface area is 66.1 Å². The zero-order valence-corrected chi connectivity index (χ0v) is 7.00. The van der Waals surface area contributed by atoms with Gasteiger partial charge in [0.1, 0.15) is 0 Å². The number of aliphatic carboxylic acids is 1. The molecule has 0 aromatic carbocycles. The highest BCUT2D eigenvalue weighted by molar-refractivity contribution is 5.86. The second-order valence-corrected chi connectivity index (χ2v) is 2.36. The van der Waals surface area contributed by atoms with Crippen molar-refractivity contribution in [2.24, 2.45) is 0 Å². The van der Waals surface area contributed by atoms with E-state index in [9.17, 15) is 4.79 Å². The average molecular weight is 159 g/mol. The lowest BCUT2D eigenvalue weighted by molar-refractivity contribution is -0.133. The summed E-state index contributed by atoms with van der Waals surface area (Å²) in [5.74, 6) is -0.944. The summed E-state index contributed by atoms with van der Waals surface area (Å²) in [7, 11) is 4.99. The van der Waals surface area contributed by atoms with Crippen molar-refractivity contribution in [1.29, 1.82) is 0 Å². The molecule has 0 amide bonds. The van der Waals surface area contributed by atoms with Crippen LogP contribution in [-0.2, 0) is 9.53 Å². The number of ether oxygens (including phenoxy) is 1. The van der Waals surface area contributed by atoms with Gasteiger partial charge in [0.05, 0.1) is 12.2 Å². The second kappa shape index (κ2) is 4.73. The van der Waals surface area contributed by atoms with E-state index >= 15 is 0 Å². The maximum atomic E-state index is 10.4. The first-order chi connectivity index (χ1) is 5.07. The van der Waals surface area contributed by atoms with Crippen molar-refractivity contribution in [3.63, 3.8) is 0 Å². The van der Waals surface area contributed by atoms with Crippen LogP contribution in [0.2, 0.25) is 0 Å². The van der Waals surface area contributed by atoms with Crippen molar-refractivity contribution < 1.29 is 14.6 Å². The predicted molar refractivity (Wildman–Crippen MR) is 41.3 cm³/mol. The van der Waals surface area contributed by atoms with Crippen LogP contribution in [0.15, 0.2) is 11.8 Å². The van der Waals surface area contributed by atoms with E-state index in [-0.39, 0.29) is 12.2 Å². The largest absolute Gasteiger partial charge is 0.478 e. The van der Waals surface area contributed by atoms with Gasteiger partial charge in [0.15, 0.2) is 0 Å². The van der Waals surface area contributed by atoms with Crippen LogP contribution in [0.25, 0.3) is 0 Å². The van der Waals surface area contributed by atoms with Gasteiger partial charge < -0.3 is 14.7 Å². The quantitative estimate of drug-likeness (QED) is 0.594. The van der Waals surface area contributed by atoms with E-state index in [1.165, 1.54) is 13.3 Å². The molecule has 4 nitrogen and oxygen atoms in total. The lowest BCUT2D eigenvalue weighted by atomic mass is 10.3. The van der Waals surface area contributed by atoms with Crippen LogP contribution in [0, 0.1) is 0 Å². The van der Waals surface area contributed by atoms with Gasteiger partial charge in [-0.3, -0.25) is 0 Å². The zero-order valence-electron chi connectivity index (χ0n) is 7.00. The molecule has 0 bridgehead atoms. The minimum atomic E-state index is -0.944. The molecule has 0 saturated heterocycles. The van der Waals surface area contributed by atoms with Crippen LogP contribution < -0.4 is 0 Å². The molecule has 0 atom stereocenters. The Hall–Kier alpha value is -1.03. The van der Waals surface area contributed by atoms with Crippen LogP contribution in [0.5, 0.6) is 0 Å². The van der Waals surface area contributed by atoms with E-state index in [1.807, 2.05) is 0 Å².